The highest BCUT2D eigenvalue weighted by molar-refractivity contribution is 7.92. The number of carbonyl (C=O) groups excluding carboxylic acids is 1. The van der Waals surface area contributed by atoms with Crippen LogP contribution < -0.4 is 10.2 Å². The number of hydrogen-bond acceptors (Lipinski definition) is 6. The summed E-state index contributed by atoms with van der Waals surface area (Å²) in [5, 5.41) is 1.90. The first kappa shape index (κ1) is 15.2. The van der Waals surface area contributed by atoms with Crippen molar-refractivity contribution in [2.45, 2.75) is 38.2 Å². The van der Waals surface area contributed by atoms with Gasteiger partial charge in [-0.3, -0.25) is 14.4 Å². The molecule has 0 unspecified atom stereocenters. The third-order valence-electron chi connectivity index (χ3n) is 2.81. The van der Waals surface area contributed by atoms with Crippen molar-refractivity contribution in [2.75, 3.05) is 11.0 Å². The van der Waals surface area contributed by atoms with Crippen LogP contribution in [0.15, 0.2) is 5.38 Å². The summed E-state index contributed by atoms with van der Waals surface area (Å²) >= 11 is 1.14. The summed E-state index contributed by atoms with van der Waals surface area (Å²) in [6.45, 7) is 0. The van der Waals surface area contributed by atoms with Crippen LogP contribution >= 0.6 is 11.3 Å². The summed E-state index contributed by atoms with van der Waals surface area (Å²) in [5.74, 6) is -0.284. The Hall–Kier alpha value is -1.19. The van der Waals surface area contributed by atoms with Crippen molar-refractivity contribution < 1.29 is 18.0 Å². The van der Waals surface area contributed by atoms with Crippen LogP contribution in [0.25, 0.3) is 0 Å². The van der Waals surface area contributed by atoms with E-state index < -0.39 is 10.0 Å². The summed E-state index contributed by atoms with van der Waals surface area (Å²) < 4.78 is 24.3. The Labute approximate surface area is 121 Å². The van der Waals surface area contributed by atoms with E-state index in [-0.39, 0.29) is 23.6 Å². The van der Waals surface area contributed by atoms with Crippen LogP contribution in [0, 0.1) is 0 Å². The number of nitrogens with one attached hydrogen (secondary N) is 2. The van der Waals surface area contributed by atoms with E-state index in [2.05, 4.69) is 15.2 Å². The van der Waals surface area contributed by atoms with Gasteiger partial charge in [-0.25, -0.2) is 18.9 Å². The molecule has 2 N–H and O–H groups in total. The molecule has 0 saturated heterocycles. The first-order valence-corrected chi connectivity index (χ1v) is 9.06. The van der Waals surface area contributed by atoms with Crippen molar-refractivity contribution in [3.63, 3.8) is 0 Å². The Morgan fingerprint density at radius 2 is 2.20 bits per heavy atom. The topological polar surface area (TPSA) is 97.4 Å². The summed E-state index contributed by atoms with van der Waals surface area (Å²) in [5.41, 5.74) is 2.93. The minimum Gasteiger partial charge on any atom is -0.272 e. The van der Waals surface area contributed by atoms with Gasteiger partial charge in [0.2, 0.25) is 15.9 Å². The third kappa shape index (κ3) is 5.06. The fourth-order valence-corrected chi connectivity index (χ4v) is 3.51. The van der Waals surface area contributed by atoms with E-state index in [0.717, 1.165) is 43.3 Å². The van der Waals surface area contributed by atoms with Crippen LogP contribution in [0.1, 0.15) is 31.4 Å². The van der Waals surface area contributed by atoms with Gasteiger partial charge in [0.15, 0.2) is 5.13 Å². The monoisotopic (exact) mass is 319 g/mol. The Balaban J connectivity index is 1.79. The number of rotatable bonds is 6. The number of hydrogen-bond donors (Lipinski definition) is 2. The molecule has 1 aliphatic rings. The standard InChI is InChI=1S/C11H17N3O4S2/c1-20(16,17)14-11-12-8(7-19-11)6-10(15)13-18-9-4-2-3-5-9/h7,9H,2-6H2,1H3,(H,12,14)(H,13,15). The second kappa shape index (κ2) is 6.51. The fourth-order valence-electron chi connectivity index (χ4n) is 1.95. The molecule has 0 radical (unpaired) electrons. The van der Waals surface area contributed by atoms with Crippen molar-refractivity contribution in [3.8, 4) is 0 Å². The molecule has 20 heavy (non-hydrogen) atoms. The molecule has 0 spiro atoms. The minimum atomic E-state index is -3.34. The van der Waals surface area contributed by atoms with Gasteiger partial charge >= 0.3 is 0 Å². The van der Waals surface area contributed by atoms with Crippen LogP contribution in [-0.2, 0) is 26.1 Å². The maximum Gasteiger partial charge on any atom is 0.249 e. The lowest BCUT2D eigenvalue weighted by atomic mass is 10.3. The van der Waals surface area contributed by atoms with E-state index in [1.807, 2.05) is 0 Å². The molecule has 1 saturated carbocycles. The van der Waals surface area contributed by atoms with Crippen LogP contribution in [0.5, 0.6) is 0 Å². The lowest BCUT2D eigenvalue weighted by molar-refractivity contribution is -0.137. The SMILES string of the molecule is CS(=O)(=O)Nc1nc(CC(=O)NOC2CCCC2)cs1. The fraction of sp³-hybridized carbons (Fsp3) is 0.636. The van der Waals surface area contributed by atoms with Gasteiger partial charge in [-0.2, -0.15) is 0 Å². The van der Waals surface area contributed by atoms with E-state index >= 15 is 0 Å². The van der Waals surface area contributed by atoms with Gasteiger partial charge in [-0.1, -0.05) is 12.8 Å². The first-order valence-electron chi connectivity index (χ1n) is 6.29. The minimum absolute atomic E-state index is 0.0641. The quantitative estimate of drug-likeness (QED) is 0.764. The number of anilines is 1. The number of amides is 1. The molecule has 1 heterocycles. The highest BCUT2D eigenvalue weighted by atomic mass is 32.2. The second-order valence-corrected chi connectivity index (χ2v) is 7.35. The molecular weight excluding hydrogens is 302 g/mol. The average Bonchev–Trinajstić information content (AvgIpc) is 2.96. The van der Waals surface area contributed by atoms with E-state index in [1.54, 1.807) is 5.38 Å². The Bertz CT molecular complexity index is 564. The second-order valence-electron chi connectivity index (χ2n) is 4.74. The highest BCUT2D eigenvalue weighted by Gasteiger charge is 2.17. The summed E-state index contributed by atoms with van der Waals surface area (Å²) in [6, 6.07) is 0. The molecule has 2 rings (SSSR count). The zero-order valence-corrected chi connectivity index (χ0v) is 12.7. The van der Waals surface area contributed by atoms with Gasteiger partial charge in [-0.15, -0.1) is 11.3 Å². The van der Waals surface area contributed by atoms with E-state index in [4.69, 9.17) is 4.84 Å². The van der Waals surface area contributed by atoms with E-state index in [9.17, 15) is 13.2 Å². The maximum absolute atomic E-state index is 11.7. The highest BCUT2D eigenvalue weighted by Crippen LogP contribution is 2.20. The molecular formula is C11H17N3O4S2. The molecule has 1 aromatic heterocycles. The number of nitrogens with zero attached hydrogens (tertiary/aromatic N) is 1. The van der Waals surface area contributed by atoms with Crippen molar-refractivity contribution in [3.05, 3.63) is 11.1 Å². The predicted octanol–water partition coefficient (Wildman–Crippen LogP) is 1.05. The van der Waals surface area contributed by atoms with Gasteiger partial charge < -0.3 is 0 Å². The summed E-state index contributed by atoms with van der Waals surface area (Å²) in [4.78, 5) is 21.0. The lowest BCUT2D eigenvalue weighted by Crippen LogP contribution is -2.29. The molecule has 1 fully saturated rings. The van der Waals surface area contributed by atoms with Crippen LogP contribution in [0.4, 0.5) is 5.13 Å². The first-order chi connectivity index (χ1) is 9.42. The van der Waals surface area contributed by atoms with Crippen LogP contribution in [0.3, 0.4) is 0 Å². The zero-order valence-electron chi connectivity index (χ0n) is 11.1. The maximum atomic E-state index is 11.7. The molecule has 0 aromatic carbocycles. The Kier molecular flexibility index (Phi) is 4.95. The number of thiazole rings is 1. The molecule has 1 amide bonds. The van der Waals surface area contributed by atoms with Crippen LogP contribution in [-0.4, -0.2) is 31.7 Å². The van der Waals surface area contributed by atoms with Gasteiger partial charge in [0, 0.05) is 5.38 Å². The molecule has 0 bridgehead atoms. The number of aromatic nitrogens is 1. The molecule has 1 aliphatic carbocycles. The Morgan fingerprint density at radius 3 is 2.85 bits per heavy atom. The van der Waals surface area contributed by atoms with Crippen molar-refractivity contribution >= 4 is 32.4 Å². The van der Waals surface area contributed by atoms with E-state index in [0.29, 0.717) is 5.69 Å². The zero-order chi connectivity index (χ0) is 14.6. The molecule has 0 atom stereocenters. The molecule has 9 heteroatoms. The molecule has 0 aliphatic heterocycles. The molecule has 112 valence electrons. The summed E-state index contributed by atoms with van der Waals surface area (Å²) in [6.07, 6.45) is 5.43. The molecule has 7 nitrogen and oxygen atoms in total. The number of hydroxylamine groups is 1. The lowest BCUT2D eigenvalue weighted by Gasteiger charge is -2.10. The third-order valence-corrected chi connectivity index (χ3v) is 4.31. The van der Waals surface area contributed by atoms with Crippen LogP contribution in [0.2, 0.25) is 0 Å². The van der Waals surface area contributed by atoms with Gasteiger partial charge in [0.25, 0.3) is 0 Å². The smallest absolute Gasteiger partial charge is 0.249 e. The van der Waals surface area contributed by atoms with Crippen molar-refractivity contribution in [1.29, 1.82) is 0 Å². The van der Waals surface area contributed by atoms with E-state index in [1.165, 1.54) is 0 Å². The molecule has 1 aromatic rings. The van der Waals surface area contributed by atoms with Crippen molar-refractivity contribution in [2.24, 2.45) is 0 Å². The average molecular weight is 319 g/mol. The number of sulfonamides is 1. The Morgan fingerprint density at radius 1 is 1.50 bits per heavy atom. The normalized spacial score (nSPS) is 16.2. The van der Waals surface area contributed by atoms with Gasteiger partial charge in [-0.05, 0) is 12.8 Å². The van der Waals surface area contributed by atoms with Gasteiger partial charge in [0.1, 0.15) is 0 Å². The number of carbonyl (C=O) groups is 1. The summed E-state index contributed by atoms with van der Waals surface area (Å²) in [7, 11) is -3.34. The predicted molar refractivity (Wildman–Crippen MR) is 75.8 cm³/mol. The largest absolute Gasteiger partial charge is 0.272 e. The van der Waals surface area contributed by atoms with Gasteiger partial charge in [0.05, 0.1) is 24.5 Å². The van der Waals surface area contributed by atoms with Crippen molar-refractivity contribution in [1.82, 2.24) is 10.5 Å².